The minimum atomic E-state index is -0.763. The van der Waals surface area contributed by atoms with Crippen molar-refractivity contribution in [2.75, 3.05) is 19.0 Å². The molecule has 1 aromatic rings. The van der Waals surface area contributed by atoms with Crippen LogP contribution < -0.4 is 10.1 Å². The van der Waals surface area contributed by atoms with Crippen LogP contribution in [0, 0.1) is 20.8 Å². The lowest BCUT2D eigenvalue weighted by molar-refractivity contribution is -0.137. The fourth-order valence-electron chi connectivity index (χ4n) is 1.98. The zero-order valence-electron chi connectivity index (χ0n) is 11.5. The molecule has 18 heavy (non-hydrogen) atoms. The molecule has 0 amide bonds. The van der Waals surface area contributed by atoms with Crippen LogP contribution in [0.1, 0.15) is 29.5 Å². The quantitative estimate of drug-likeness (QED) is 0.763. The first-order chi connectivity index (χ1) is 8.47. The summed E-state index contributed by atoms with van der Waals surface area (Å²) in [5.41, 5.74) is 4.39. The van der Waals surface area contributed by atoms with Crippen molar-refractivity contribution in [2.24, 2.45) is 0 Å². The number of nitrogens with one attached hydrogen (secondary N) is 1. The monoisotopic (exact) mass is 251 g/mol. The molecule has 4 nitrogen and oxygen atoms in total. The van der Waals surface area contributed by atoms with E-state index >= 15 is 0 Å². The van der Waals surface area contributed by atoms with Crippen molar-refractivity contribution in [3.05, 3.63) is 22.8 Å². The molecule has 0 saturated carbocycles. The smallest absolute Gasteiger partial charge is 0.303 e. The van der Waals surface area contributed by atoms with Gasteiger partial charge in [-0.25, -0.2) is 0 Å². The maximum atomic E-state index is 10.4. The Labute approximate surface area is 108 Å². The van der Waals surface area contributed by atoms with E-state index in [2.05, 4.69) is 18.3 Å². The molecule has 0 radical (unpaired) electrons. The molecule has 0 heterocycles. The number of anilines is 1. The van der Waals surface area contributed by atoms with Gasteiger partial charge in [0.05, 0.1) is 12.8 Å². The number of carbonyl (C=O) groups is 1. The molecular formula is C14H21NO3. The van der Waals surface area contributed by atoms with Crippen molar-refractivity contribution in [1.82, 2.24) is 0 Å². The molecular weight excluding hydrogens is 230 g/mol. The lowest BCUT2D eigenvalue weighted by Gasteiger charge is -2.17. The van der Waals surface area contributed by atoms with E-state index in [1.165, 1.54) is 5.56 Å². The minimum absolute atomic E-state index is 0.180. The zero-order valence-corrected chi connectivity index (χ0v) is 11.5. The molecule has 0 aromatic heterocycles. The third-order valence-corrected chi connectivity index (χ3v) is 3.06. The van der Waals surface area contributed by atoms with Crippen LogP contribution in [0.5, 0.6) is 5.75 Å². The molecule has 100 valence electrons. The number of benzene rings is 1. The van der Waals surface area contributed by atoms with Gasteiger partial charge in [0, 0.05) is 13.0 Å². The van der Waals surface area contributed by atoms with Gasteiger partial charge in [0.25, 0.3) is 0 Å². The second-order valence-electron chi connectivity index (χ2n) is 4.47. The number of rotatable bonds is 6. The first kappa shape index (κ1) is 14.4. The van der Waals surface area contributed by atoms with Crippen LogP contribution in [-0.4, -0.2) is 24.7 Å². The molecule has 0 atom stereocenters. The second kappa shape index (κ2) is 6.28. The SMILES string of the molecule is COc1c(C)c(C)cc(C)c1NCCCC(=O)O. The van der Waals surface area contributed by atoms with E-state index in [-0.39, 0.29) is 6.42 Å². The molecule has 4 heteroatoms. The van der Waals surface area contributed by atoms with Crippen molar-refractivity contribution in [1.29, 1.82) is 0 Å². The standard InChI is InChI=1S/C14H21NO3/c1-9-8-10(2)13(14(18-4)11(9)3)15-7-5-6-12(16)17/h8,15H,5-7H2,1-4H3,(H,16,17). The predicted molar refractivity (Wildman–Crippen MR) is 72.6 cm³/mol. The normalized spacial score (nSPS) is 10.2. The Morgan fingerprint density at radius 2 is 2.00 bits per heavy atom. The molecule has 0 aliphatic carbocycles. The second-order valence-corrected chi connectivity index (χ2v) is 4.47. The van der Waals surface area contributed by atoms with Crippen LogP contribution >= 0.6 is 0 Å². The highest BCUT2D eigenvalue weighted by atomic mass is 16.5. The fraction of sp³-hybridized carbons (Fsp3) is 0.500. The number of carboxylic acids is 1. The van der Waals surface area contributed by atoms with E-state index in [1.807, 2.05) is 13.8 Å². The largest absolute Gasteiger partial charge is 0.494 e. The number of ether oxygens (including phenoxy) is 1. The molecule has 0 aliphatic rings. The maximum Gasteiger partial charge on any atom is 0.303 e. The first-order valence-corrected chi connectivity index (χ1v) is 6.07. The summed E-state index contributed by atoms with van der Waals surface area (Å²) < 4.78 is 5.44. The first-order valence-electron chi connectivity index (χ1n) is 6.07. The van der Waals surface area contributed by atoms with Crippen molar-refractivity contribution in [3.63, 3.8) is 0 Å². The van der Waals surface area contributed by atoms with Gasteiger partial charge < -0.3 is 15.2 Å². The summed E-state index contributed by atoms with van der Waals surface area (Å²) in [5, 5.41) is 11.9. The van der Waals surface area contributed by atoms with Crippen molar-refractivity contribution in [3.8, 4) is 5.75 Å². The van der Waals surface area contributed by atoms with Crippen LogP contribution in [0.15, 0.2) is 6.07 Å². The summed E-state index contributed by atoms with van der Waals surface area (Å²) >= 11 is 0. The van der Waals surface area contributed by atoms with Crippen LogP contribution in [0.2, 0.25) is 0 Å². The van der Waals surface area contributed by atoms with Crippen LogP contribution in [0.4, 0.5) is 5.69 Å². The molecule has 2 N–H and O–H groups in total. The topological polar surface area (TPSA) is 58.6 Å². The van der Waals surface area contributed by atoms with Crippen LogP contribution in [0.25, 0.3) is 0 Å². The predicted octanol–water partition coefficient (Wildman–Crippen LogP) is 2.90. The zero-order chi connectivity index (χ0) is 13.7. The number of aliphatic carboxylic acids is 1. The Morgan fingerprint density at radius 3 is 2.56 bits per heavy atom. The average Bonchev–Trinajstić information content (AvgIpc) is 2.30. The third kappa shape index (κ3) is 3.39. The maximum absolute atomic E-state index is 10.4. The highest BCUT2D eigenvalue weighted by molar-refractivity contribution is 5.68. The number of hydrogen-bond acceptors (Lipinski definition) is 3. The Hall–Kier alpha value is -1.71. The fourth-order valence-corrected chi connectivity index (χ4v) is 1.98. The molecule has 0 saturated heterocycles. The lowest BCUT2D eigenvalue weighted by Crippen LogP contribution is -2.08. The summed E-state index contributed by atoms with van der Waals surface area (Å²) in [6.45, 7) is 6.73. The Kier molecular flexibility index (Phi) is 5.01. The molecule has 0 unspecified atom stereocenters. The van der Waals surface area contributed by atoms with Gasteiger partial charge in [0.15, 0.2) is 0 Å². The van der Waals surface area contributed by atoms with Gasteiger partial charge in [-0.3, -0.25) is 4.79 Å². The van der Waals surface area contributed by atoms with Crippen LogP contribution in [0.3, 0.4) is 0 Å². The van der Waals surface area contributed by atoms with Gasteiger partial charge in [-0.2, -0.15) is 0 Å². The summed E-state index contributed by atoms with van der Waals surface area (Å²) in [6, 6.07) is 2.11. The van der Waals surface area contributed by atoms with E-state index < -0.39 is 5.97 Å². The van der Waals surface area contributed by atoms with E-state index in [1.54, 1.807) is 7.11 Å². The van der Waals surface area contributed by atoms with Gasteiger partial charge in [0.1, 0.15) is 5.75 Å². The van der Waals surface area contributed by atoms with E-state index in [0.29, 0.717) is 13.0 Å². The van der Waals surface area contributed by atoms with Crippen molar-refractivity contribution >= 4 is 11.7 Å². The van der Waals surface area contributed by atoms with E-state index in [9.17, 15) is 4.79 Å². The molecule has 0 aliphatic heterocycles. The third-order valence-electron chi connectivity index (χ3n) is 3.06. The Morgan fingerprint density at radius 1 is 1.33 bits per heavy atom. The molecule has 0 spiro atoms. The van der Waals surface area contributed by atoms with Crippen molar-refractivity contribution in [2.45, 2.75) is 33.6 Å². The summed E-state index contributed by atoms with van der Waals surface area (Å²) in [4.78, 5) is 10.4. The van der Waals surface area contributed by atoms with E-state index in [4.69, 9.17) is 9.84 Å². The number of hydrogen-bond donors (Lipinski definition) is 2. The highest BCUT2D eigenvalue weighted by Gasteiger charge is 2.11. The molecule has 1 aromatic carbocycles. The van der Waals surface area contributed by atoms with Gasteiger partial charge in [-0.15, -0.1) is 0 Å². The summed E-state index contributed by atoms with van der Waals surface area (Å²) in [7, 11) is 1.66. The Balaban J connectivity index is 2.81. The number of aryl methyl sites for hydroxylation is 2. The van der Waals surface area contributed by atoms with Gasteiger partial charge in [0.2, 0.25) is 0 Å². The van der Waals surface area contributed by atoms with E-state index in [0.717, 1.165) is 22.6 Å². The van der Waals surface area contributed by atoms with Gasteiger partial charge in [-0.1, -0.05) is 6.07 Å². The molecule has 0 fully saturated rings. The summed E-state index contributed by atoms with van der Waals surface area (Å²) in [6.07, 6.45) is 0.782. The summed E-state index contributed by atoms with van der Waals surface area (Å²) in [5.74, 6) is 0.0865. The molecule has 1 rings (SSSR count). The number of carboxylic acid groups (broad SMARTS) is 1. The molecule has 0 bridgehead atoms. The van der Waals surface area contributed by atoms with Crippen molar-refractivity contribution < 1.29 is 14.6 Å². The number of methoxy groups -OCH3 is 1. The Bertz CT molecular complexity index is 441. The minimum Gasteiger partial charge on any atom is -0.494 e. The van der Waals surface area contributed by atoms with Gasteiger partial charge >= 0.3 is 5.97 Å². The lowest BCUT2D eigenvalue weighted by atomic mass is 10.0. The van der Waals surface area contributed by atoms with Crippen LogP contribution in [-0.2, 0) is 4.79 Å². The van der Waals surface area contributed by atoms with Gasteiger partial charge in [-0.05, 0) is 43.9 Å². The highest BCUT2D eigenvalue weighted by Crippen LogP contribution is 2.34. The average molecular weight is 251 g/mol.